The summed E-state index contributed by atoms with van der Waals surface area (Å²) in [6.45, 7) is 2.78. The van der Waals surface area contributed by atoms with Crippen molar-refractivity contribution in [2.45, 2.75) is 64.0 Å². The minimum Gasteiger partial charge on any atom is -0.339 e. The maximum atomic E-state index is 14.9. The Morgan fingerprint density at radius 2 is 1.61 bits per heavy atom. The molecule has 0 aromatic heterocycles. The first-order valence-electron chi connectivity index (χ1n) is 13.8. The van der Waals surface area contributed by atoms with E-state index < -0.39 is 23.2 Å². The van der Waals surface area contributed by atoms with E-state index in [0.29, 0.717) is 61.6 Å². The van der Waals surface area contributed by atoms with Gasteiger partial charge in [0.2, 0.25) is 0 Å². The Labute approximate surface area is 221 Å². The van der Waals surface area contributed by atoms with Crippen molar-refractivity contribution in [3.63, 3.8) is 0 Å². The summed E-state index contributed by atoms with van der Waals surface area (Å²) < 4.78 is 70.3. The molecule has 0 atom stereocenters. The van der Waals surface area contributed by atoms with Gasteiger partial charge in [-0.3, -0.25) is 4.79 Å². The fourth-order valence-corrected chi connectivity index (χ4v) is 6.26. The highest BCUT2D eigenvalue weighted by atomic mass is 19.4. The number of halogens is 5. The van der Waals surface area contributed by atoms with Crippen molar-refractivity contribution in [3.05, 3.63) is 59.2 Å². The van der Waals surface area contributed by atoms with E-state index in [-0.39, 0.29) is 30.9 Å². The number of alkyl halides is 3. The van der Waals surface area contributed by atoms with E-state index in [4.69, 9.17) is 0 Å². The van der Waals surface area contributed by atoms with Crippen LogP contribution in [0.2, 0.25) is 0 Å². The van der Waals surface area contributed by atoms with Crippen LogP contribution >= 0.6 is 0 Å². The fourth-order valence-electron chi connectivity index (χ4n) is 6.26. The molecule has 0 unspecified atom stereocenters. The van der Waals surface area contributed by atoms with Crippen LogP contribution in [0.3, 0.4) is 0 Å². The van der Waals surface area contributed by atoms with Gasteiger partial charge in [0.25, 0.3) is 5.91 Å². The van der Waals surface area contributed by atoms with Gasteiger partial charge in [-0.2, -0.15) is 13.2 Å². The molecule has 2 aromatic carbocycles. The second kappa shape index (κ2) is 10.9. The molecule has 38 heavy (non-hydrogen) atoms. The number of hydrogen-bond acceptors (Lipinski definition) is 2. The molecule has 0 bridgehead atoms. The highest BCUT2D eigenvalue weighted by molar-refractivity contribution is 5.95. The quantitative estimate of drug-likeness (QED) is 0.350. The summed E-state index contributed by atoms with van der Waals surface area (Å²) in [5, 5.41) is 0. The molecule has 1 saturated carbocycles. The Bertz CT molecular complexity index is 1150. The highest BCUT2D eigenvalue weighted by Crippen LogP contribution is 2.53. The van der Waals surface area contributed by atoms with Crippen molar-refractivity contribution < 1.29 is 26.7 Å². The average Bonchev–Trinajstić information content (AvgIpc) is 3.40. The first kappa shape index (κ1) is 27.1. The van der Waals surface area contributed by atoms with Crippen LogP contribution in [-0.4, -0.2) is 54.6 Å². The first-order chi connectivity index (χ1) is 18.1. The highest BCUT2D eigenvalue weighted by Gasteiger charge is 2.58. The molecule has 3 nitrogen and oxygen atoms in total. The van der Waals surface area contributed by atoms with Crippen molar-refractivity contribution in [2.24, 2.45) is 11.3 Å². The average molecular weight is 535 g/mol. The normalized spacial score (nSPS) is 20.5. The third-order valence-corrected chi connectivity index (χ3v) is 8.94. The summed E-state index contributed by atoms with van der Waals surface area (Å²) in [6, 6.07) is 9.10. The molecule has 2 aromatic rings. The van der Waals surface area contributed by atoms with E-state index in [0.717, 1.165) is 32.1 Å². The van der Waals surface area contributed by atoms with Gasteiger partial charge in [0.05, 0.1) is 5.41 Å². The number of nitrogens with zero attached hydrogens (tertiary/aromatic N) is 2. The topological polar surface area (TPSA) is 23.6 Å². The molecule has 3 fully saturated rings. The Morgan fingerprint density at radius 1 is 0.895 bits per heavy atom. The van der Waals surface area contributed by atoms with Crippen LogP contribution < -0.4 is 0 Å². The van der Waals surface area contributed by atoms with Crippen LogP contribution in [-0.2, 0) is 6.42 Å². The van der Waals surface area contributed by atoms with Gasteiger partial charge in [-0.15, -0.1) is 0 Å². The summed E-state index contributed by atoms with van der Waals surface area (Å²) in [4.78, 5) is 16.2. The van der Waals surface area contributed by atoms with E-state index in [1.54, 1.807) is 23.1 Å². The molecule has 2 heterocycles. The third kappa shape index (κ3) is 5.61. The largest absolute Gasteiger partial charge is 0.395 e. The number of piperidine rings is 1. The van der Waals surface area contributed by atoms with Gasteiger partial charge in [0.1, 0.15) is 11.6 Å². The summed E-state index contributed by atoms with van der Waals surface area (Å²) in [7, 11) is 0. The minimum atomic E-state index is -4.14. The Kier molecular flexibility index (Phi) is 7.81. The van der Waals surface area contributed by atoms with Crippen LogP contribution in [0, 0.1) is 23.0 Å². The number of carbonyl (C=O) groups is 1. The minimum absolute atomic E-state index is 0.100. The third-order valence-electron chi connectivity index (χ3n) is 8.94. The molecule has 0 radical (unpaired) electrons. The molecule has 0 N–H and O–H groups in total. The zero-order valence-corrected chi connectivity index (χ0v) is 21.6. The summed E-state index contributed by atoms with van der Waals surface area (Å²) in [5.41, 5.74) is 0.0182. The number of hydrogen-bond donors (Lipinski definition) is 0. The summed E-state index contributed by atoms with van der Waals surface area (Å²) in [6.07, 6.45) is 1.85. The van der Waals surface area contributed by atoms with Crippen LogP contribution in [0.1, 0.15) is 67.3 Å². The van der Waals surface area contributed by atoms with Crippen molar-refractivity contribution in [3.8, 4) is 11.1 Å². The fraction of sp³-hybridized carbons (Fsp3) is 0.567. The summed E-state index contributed by atoms with van der Waals surface area (Å²) in [5.74, 6) is -0.772. The van der Waals surface area contributed by atoms with Crippen LogP contribution in [0.25, 0.3) is 11.1 Å². The second-order valence-electron chi connectivity index (χ2n) is 11.4. The van der Waals surface area contributed by atoms with E-state index in [9.17, 15) is 26.7 Å². The lowest BCUT2D eigenvalue weighted by Gasteiger charge is -2.47. The van der Waals surface area contributed by atoms with Crippen molar-refractivity contribution in [1.29, 1.82) is 0 Å². The van der Waals surface area contributed by atoms with E-state index in [1.807, 2.05) is 4.90 Å². The van der Waals surface area contributed by atoms with E-state index in [1.165, 1.54) is 18.2 Å². The lowest BCUT2D eigenvalue weighted by Crippen LogP contribution is -2.53. The van der Waals surface area contributed by atoms with Crippen molar-refractivity contribution >= 4 is 5.91 Å². The van der Waals surface area contributed by atoms with Crippen LogP contribution in [0.5, 0.6) is 0 Å². The van der Waals surface area contributed by atoms with Gasteiger partial charge in [-0.25, -0.2) is 8.78 Å². The predicted octanol–water partition coefficient (Wildman–Crippen LogP) is 7.25. The maximum Gasteiger partial charge on any atom is 0.395 e. The first-order valence-corrected chi connectivity index (χ1v) is 13.8. The van der Waals surface area contributed by atoms with Gasteiger partial charge in [0.15, 0.2) is 0 Å². The lowest BCUT2D eigenvalue weighted by molar-refractivity contribution is -0.256. The Hall–Kier alpha value is -2.48. The number of rotatable bonds is 7. The molecule has 0 spiro atoms. The van der Waals surface area contributed by atoms with Gasteiger partial charge < -0.3 is 9.80 Å². The van der Waals surface area contributed by atoms with E-state index >= 15 is 0 Å². The Balaban J connectivity index is 1.14. The van der Waals surface area contributed by atoms with E-state index in [2.05, 4.69) is 0 Å². The molecule has 8 heteroatoms. The molecule has 5 rings (SSSR count). The molecular weight excluding hydrogens is 499 g/mol. The predicted molar refractivity (Wildman–Crippen MR) is 137 cm³/mol. The zero-order chi connectivity index (χ0) is 26.9. The van der Waals surface area contributed by atoms with Gasteiger partial charge in [-0.05, 0) is 99.7 Å². The van der Waals surface area contributed by atoms with Gasteiger partial charge >= 0.3 is 6.18 Å². The SMILES string of the molecule is O=C(c1ccc(-c2ccc(CCC3CCN(CC4(C(F)(F)F)CCC4)CC3)c(F)c2)c(F)c1)N1CCCC1. The lowest BCUT2D eigenvalue weighted by atomic mass is 9.67. The molecule has 2 aliphatic heterocycles. The molecule has 206 valence electrons. The molecule has 2 saturated heterocycles. The van der Waals surface area contributed by atoms with Crippen LogP contribution in [0.15, 0.2) is 36.4 Å². The number of amides is 1. The Morgan fingerprint density at radius 3 is 2.18 bits per heavy atom. The molecule has 1 amide bonds. The maximum absolute atomic E-state index is 14.9. The molecular formula is C30H35F5N2O. The van der Waals surface area contributed by atoms with Crippen molar-refractivity contribution in [2.75, 3.05) is 32.7 Å². The smallest absolute Gasteiger partial charge is 0.339 e. The van der Waals surface area contributed by atoms with Gasteiger partial charge in [0, 0.05) is 30.8 Å². The van der Waals surface area contributed by atoms with Crippen molar-refractivity contribution in [1.82, 2.24) is 9.80 Å². The number of carbonyl (C=O) groups excluding carboxylic acids is 1. The monoisotopic (exact) mass is 534 g/mol. The number of likely N-dealkylation sites (tertiary alicyclic amines) is 2. The molecule has 3 aliphatic rings. The van der Waals surface area contributed by atoms with Crippen LogP contribution in [0.4, 0.5) is 22.0 Å². The zero-order valence-electron chi connectivity index (χ0n) is 21.6. The summed E-state index contributed by atoms with van der Waals surface area (Å²) >= 11 is 0. The second-order valence-corrected chi connectivity index (χ2v) is 11.4. The van der Waals surface area contributed by atoms with Gasteiger partial charge in [-0.1, -0.05) is 24.6 Å². The molecule has 1 aliphatic carbocycles. The number of aryl methyl sites for hydroxylation is 1. The standard InChI is InChI=1S/C30H35F5N2O/c31-26-18-23(25-9-8-24(19-27(25)32)28(38)37-14-1-2-15-37)7-6-22(26)5-4-21-10-16-36(17-11-21)20-29(12-3-13-29)30(33,34)35/h6-9,18-19,21H,1-5,10-17,20H2. The number of benzene rings is 2.